The van der Waals surface area contributed by atoms with Crippen LogP contribution in [0.4, 0.5) is 11.5 Å². The number of nitro groups is 1. The largest absolute Gasteiger partial charge is 0.363 e. The number of hydrogen-bond donors (Lipinski definition) is 2. The molecule has 0 radical (unpaired) electrons. The molecular weight excluding hydrogens is 246 g/mol. The van der Waals surface area contributed by atoms with Crippen molar-refractivity contribution in [2.24, 2.45) is 11.7 Å². The van der Waals surface area contributed by atoms with Crippen molar-refractivity contribution in [2.45, 2.75) is 25.3 Å². The minimum absolute atomic E-state index is 0.190. The summed E-state index contributed by atoms with van der Waals surface area (Å²) >= 11 is 0. The lowest BCUT2D eigenvalue weighted by Crippen LogP contribution is -2.44. The number of nitriles is 1. The Kier molecular flexibility index (Phi) is 3.36. The van der Waals surface area contributed by atoms with Crippen LogP contribution in [0.2, 0.25) is 0 Å². The van der Waals surface area contributed by atoms with E-state index in [0.717, 1.165) is 12.8 Å². The van der Waals surface area contributed by atoms with Gasteiger partial charge in [-0.15, -0.1) is 0 Å². The lowest BCUT2D eigenvalue weighted by Gasteiger charge is -2.30. The average Bonchev–Trinajstić information content (AvgIpc) is 3.22. The molecule has 1 fully saturated rings. The molecule has 1 saturated carbocycles. The first-order valence-electron chi connectivity index (χ1n) is 6.04. The maximum Gasteiger partial charge on any atom is 0.305 e. The molecule has 1 heterocycles. The molecule has 1 aromatic heterocycles. The Morgan fingerprint density at radius 3 is 2.84 bits per heavy atom. The van der Waals surface area contributed by atoms with E-state index in [1.807, 2.05) is 6.92 Å². The second-order valence-electron chi connectivity index (χ2n) is 4.95. The first-order chi connectivity index (χ1) is 9.00. The molecule has 7 heteroatoms. The smallest absolute Gasteiger partial charge is 0.305 e. The summed E-state index contributed by atoms with van der Waals surface area (Å²) in [7, 11) is 0. The van der Waals surface area contributed by atoms with Gasteiger partial charge in [0.05, 0.1) is 10.5 Å². The van der Waals surface area contributed by atoms with Gasteiger partial charge in [0.15, 0.2) is 0 Å². The Morgan fingerprint density at radius 1 is 1.68 bits per heavy atom. The van der Waals surface area contributed by atoms with E-state index in [0.29, 0.717) is 18.3 Å². The third kappa shape index (κ3) is 2.63. The van der Waals surface area contributed by atoms with Crippen molar-refractivity contribution in [3.8, 4) is 6.07 Å². The zero-order valence-electron chi connectivity index (χ0n) is 10.6. The van der Waals surface area contributed by atoms with E-state index in [4.69, 9.17) is 11.0 Å². The first-order valence-corrected chi connectivity index (χ1v) is 6.04. The number of nitrogens with zero attached hydrogens (tertiary/aromatic N) is 3. The monoisotopic (exact) mass is 261 g/mol. The number of pyridine rings is 1. The van der Waals surface area contributed by atoms with Crippen molar-refractivity contribution >= 4 is 11.5 Å². The normalized spacial score (nSPS) is 17.3. The Balaban J connectivity index is 2.27. The SMILES string of the molecule is CC(CN)(Nc1ccc([N+](=O)[O-])c(C#N)n1)C1CC1. The Bertz CT molecular complexity index is 550. The molecule has 2 rings (SSSR count). The highest BCUT2D eigenvalue weighted by Crippen LogP contribution is 2.40. The van der Waals surface area contributed by atoms with Gasteiger partial charge in [0.2, 0.25) is 5.69 Å². The number of rotatable bonds is 5. The second kappa shape index (κ2) is 4.82. The lowest BCUT2D eigenvalue weighted by molar-refractivity contribution is -0.385. The molecule has 100 valence electrons. The van der Waals surface area contributed by atoms with Crippen LogP contribution in [0.5, 0.6) is 0 Å². The molecule has 1 atom stereocenters. The van der Waals surface area contributed by atoms with E-state index in [1.165, 1.54) is 12.1 Å². The summed E-state index contributed by atoms with van der Waals surface area (Å²) in [5, 5.41) is 22.8. The molecule has 1 aliphatic carbocycles. The van der Waals surface area contributed by atoms with Gasteiger partial charge in [-0.1, -0.05) is 0 Å². The number of hydrogen-bond acceptors (Lipinski definition) is 6. The van der Waals surface area contributed by atoms with Gasteiger partial charge in [0.25, 0.3) is 0 Å². The van der Waals surface area contributed by atoms with Crippen molar-refractivity contribution < 1.29 is 4.92 Å². The predicted octanol–water partition coefficient (Wildman–Crippen LogP) is 1.40. The van der Waals surface area contributed by atoms with Crippen molar-refractivity contribution in [3.05, 3.63) is 27.9 Å². The quantitative estimate of drug-likeness (QED) is 0.611. The molecule has 1 aromatic rings. The Labute approximate surface area is 110 Å². The Morgan fingerprint density at radius 2 is 2.37 bits per heavy atom. The summed E-state index contributed by atoms with van der Waals surface area (Å²) in [6.07, 6.45) is 2.22. The fraction of sp³-hybridized carbons (Fsp3) is 0.500. The summed E-state index contributed by atoms with van der Waals surface area (Å²) in [5.74, 6) is 0.932. The Hall–Kier alpha value is -2.20. The fourth-order valence-electron chi connectivity index (χ4n) is 2.08. The van der Waals surface area contributed by atoms with Crippen LogP contribution >= 0.6 is 0 Å². The molecule has 1 aliphatic rings. The molecule has 0 bridgehead atoms. The summed E-state index contributed by atoms with van der Waals surface area (Å²) in [5.41, 5.74) is 5.03. The fourth-order valence-corrected chi connectivity index (χ4v) is 2.08. The van der Waals surface area contributed by atoms with Crippen LogP contribution in [0.1, 0.15) is 25.5 Å². The number of nitrogens with one attached hydrogen (secondary N) is 1. The van der Waals surface area contributed by atoms with E-state index in [9.17, 15) is 10.1 Å². The molecule has 0 saturated heterocycles. The van der Waals surface area contributed by atoms with Crippen LogP contribution in [0.15, 0.2) is 12.1 Å². The lowest BCUT2D eigenvalue weighted by atomic mass is 9.96. The van der Waals surface area contributed by atoms with E-state index >= 15 is 0 Å². The second-order valence-corrected chi connectivity index (χ2v) is 4.95. The third-order valence-electron chi connectivity index (χ3n) is 3.49. The topological polar surface area (TPSA) is 118 Å². The number of aromatic nitrogens is 1. The average molecular weight is 261 g/mol. The molecule has 0 aliphatic heterocycles. The van der Waals surface area contributed by atoms with Gasteiger partial charge >= 0.3 is 5.69 Å². The van der Waals surface area contributed by atoms with Crippen LogP contribution in [-0.4, -0.2) is 22.0 Å². The predicted molar refractivity (Wildman–Crippen MR) is 69.4 cm³/mol. The van der Waals surface area contributed by atoms with Gasteiger partial charge in [-0.3, -0.25) is 10.1 Å². The summed E-state index contributed by atoms with van der Waals surface area (Å²) in [6, 6.07) is 4.54. The van der Waals surface area contributed by atoms with Crippen LogP contribution < -0.4 is 11.1 Å². The van der Waals surface area contributed by atoms with Crippen molar-refractivity contribution in [2.75, 3.05) is 11.9 Å². The van der Waals surface area contributed by atoms with Crippen molar-refractivity contribution in [1.82, 2.24) is 4.98 Å². The molecule has 19 heavy (non-hydrogen) atoms. The summed E-state index contributed by atoms with van der Waals surface area (Å²) in [4.78, 5) is 14.1. The maximum atomic E-state index is 10.7. The van der Waals surface area contributed by atoms with Crippen LogP contribution in [-0.2, 0) is 0 Å². The molecular formula is C12H15N5O2. The molecule has 0 spiro atoms. The minimum atomic E-state index is -0.613. The van der Waals surface area contributed by atoms with Gasteiger partial charge in [0, 0.05) is 12.6 Å². The molecule has 3 N–H and O–H groups in total. The van der Waals surface area contributed by atoms with Crippen molar-refractivity contribution in [3.63, 3.8) is 0 Å². The first kappa shape index (κ1) is 13.2. The van der Waals surface area contributed by atoms with Gasteiger partial charge in [-0.25, -0.2) is 4.98 Å². The van der Waals surface area contributed by atoms with E-state index in [-0.39, 0.29) is 16.9 Å². The van der Waals surface area contributed by atoms with Crippen LogP contribution in [0.25, 0.3) is 0 Å². The third-order valence-corrected chi connectivity index (χ3v) is 3.49. The highest BCUT2D eigenvalue weighted by Gasteiger charge is 2.40. The van der Waals surface area contributed by atoms with E-state index in [1.54, 1.807) is 6.07 Å². The van der Waals surface area contributed by atoms with Gasteiger partial charge in [0.1, 0.15) is 11.9 Å². The highest BCUT2D eigenvalue weighted by molar-refractivity contribution is 5.51. The van der Waals surface area contributed by atoms with Crippen LogP contribution in [0.3, 0.4) is 0 Å². The molecule has 1 unspecified atom stereocenters. The van der Waals surface area contributed by atoms with Gasteiger partial charge in [-0.05, 0) is 31.7 Å². The zero-order valence-corrected chi connectivity index (χ0v) is 10.6. The summed E-state index contributed by atoms with van der Waals surface area (Å²) in [6.45, 7) is 2.44. The van der Waals surface area contributed by atoms with Crippen LogP contribution in [0, 0.1) is 27.4 Å². The van der Waals surface area contributed by atoms with Crippen molar-refractivity contribution in [1.29, 1.82) is 5.26 Å². The van der Waals surface area contributed by atoms with E-state index in [2.05, 4.69) is 10.3 Å². The van der Waals surface area contributed by atoms with E-state index < -0.39 is 4.92 Å². The van der Waals surface area contributed by atoms with Gasteiger partial charge < -0.3 is 11.1 Å². The maximum absolute atomic E-state index is 10.7. The molecule has 0 amide bonds. The number of nitrogens with two attached hydrogens (primary N) is 1. The molecule has 7 nitrogen and oxygen atoms in total. The minimum Gasteiger partial charge on any atom is -0.363 e. The highest BCUT2D eigenvalue weighted by atomic mass is 16.6. The standard InChI is InChI=1S/C12H15N5O2/c1-12(7-14,8-2-3-8)16-11-5-4-10(17(18)19)9(6-13)15-11/h4-5,8H,2-3,7,14H2,1H3,(H,15,16). The summed E-state index contributed by atoms with van der Waals surface area (Å²) < 4.78 is 0. The van der Waals surface area contributed by atoms with Gasteiger partial charge in [-0.2, -0.15) is 5.26 Å². The number of anilines is 1. The zero-order chi connectivity index (χ0) is 14.0. The molecule has 0 aromatic carbocycles.